The molecule has 2 aromatic rings. The molecule has 7 nitrogen and oxygen atoms in total. The van der Waals surface area contributed by atoms with Crippen molar-refractivity contribution in [3.05, 3.63) is 36.7 Å². The van der Waals surface area contributed by atoms with Crippen molar-refractivity contribution in [1.82, 2.24) is 9.38 Å². The van der Waals surface area contributed by atoms with Crippen LogP contribution in [0.25, 0.3) is 5.65 Å². The van der Waals surface area contributed by atoms with Gasteiger partial charge in [-0.05, 0) is 33.6 Å². The van der Waals surface area contributed by atoms with E-state index in [-0.39, 0.29) is 10.7 Å². The number of nitrogens with zero attached hydrogens (tertiary/aromatic N) is 3. The molecule has 1 N–H and O–H groups in total. The maximum atomic E-state index is 10.9. The predicted octanol–water partition coefficient (Wildman–Crippen LogP) is 2.20. The van der Waals surface area contributed by atoms with Crippen molar-refractivity contribution >= 4 is 51.6 Å². The summed E-state index contributed by atoms with van der Waals surface area (Å²) < 4.78 is 1.68. The average molecular weight is 367 g/mol. The van der Waals surface area contributed by atoms with Gasteiger partial charge in [-0.3, -0.25) is 0 Å². The van der Waals surface area contributed by atoms with Crippen molar-refractivity contribution in [3.63, 3.8) is 0 Å². The van der Waals surface area contributed by atoms with Gasteiger partial charge in [0.15, 0.2) is 0 Å². The van der Waals surface area contributed by atoms with Crippen molar-refractivity contribution in [2.24, 2.45) is 0 Å². The van der Waals surface area contributed by atoms with Crippen LogP contribution in [0.5, 0.6) is 0 Å². The van der Waals surface area contributed by atoms with Gasteiger partial charge in [0.05, 0.1) is 6.20 Å². The van der Waals surface area contributed by atoms with E-state index in [1.165, 1.54) is 12.3 Å². The fourth-order valence-electron chi connectivity index (χ4n) is 1.36. The normalized spacial score (nSPS) is 10.7. The van der Waals surface area contributed by atoms with Gasteiger partial charge in [-0.2, -0.15) is 9.38 Å². The van der Waals surface area contributed by atoms with Gasteiger partial charge in [0, 0.05) is 3.57 Å². The van der Waals surface area contributed by atoms with E-state index in [2.05, 4.69) is 4.98 Å². The second-order valence-electron chi connectivity index (χ2n) is 3.02. The Labute approximate surface area is 112 Å². The molecular weight excluding hydrogens is 364 g/mol. The van der Waals surface area contributed by atoms with Crippen molar-refractivity contribution in [3.8, 4) is 0 Å². The van der Waals surface area contributed by atoms with Crippen LogP contribution in [-0.4, -0.2) is 25.4 Å². The molecule has 2 rings (SSSR count). The van der Waals surface area contributed by atoms with E-state index in [1.54, 1.807) is 0 Å². The number of carbonyl (C=O) groups is 1. The molecule has 0 fully saturated rings. The summed E-state index contributed by atoms with van der Waals surface area (Å²) in [5.41, 5.74) is -0.568. The highest BCUT2D eigenvalue weighted by atomic mass is 127. The molecule has 0 bridgehead atoms. The number of halogens is 2. The smallest absolute Gasteiger partial charge is 0.363 e. The molecule has 2 heterocycles. The zero-order chi connectivity index (χ0) is 12.7. The van der Waals surface area contributed by atoms with E-state index < -0.39 is 22.4 Å². The molecule has 9 heteroatoms. The lowest BCUT2D eigenvalue weighted by Crippen LogP contribution is -2.03. The quantitative estimate of drug-likeness (QED) is 0.498. The summed E-state index contributed by atoms with van der Waals surface area (Å²) in [6, 6.07) is 1.54. The fourth-order valence-corrected chi connectivity index (χ4v) is 1.96. The molecule has 0 radical (unpaired) electrons. The van der Waals surface area contributed by atoms with Gasteiger partial charge in [0.2, 0.25) is 11.3 Å². The number of fused-ring (bicyclic) bond motifs is 1. The van der Waals surface area contributed by atoms with Gasteiger partial charge in [-0.1, -0.05) is 11.6 Å². The monoisotopic (exact) mass is 367 g/mol. The zero-order valence-corrected chi connectivity index (χ0v) is 10.8. The topological polar surface area (TPSA) is 97.7 Å². The third kappa shape index (κ3) is 1.82. The Morgan fingerprint density at radius 3 is 2.82 bits per heavy atom. The number of nitro groups is 1. The molecule has 0 spiro atoms. The molecule has 17 heavy (non-hydrogen) atoms. The highest BCUT2D eigenvalue weighted by Gasteiger charge is 2.29. The standard InChI is InChI=1S/C8H3ClIN3O4/c9-4-3(10)1-2-12-6(4)11-5(8(14)15)7(12)13(16)17/h1-2H,(H,14,15). The molecule has 2 aromatic heterocycles. The Balaban J connectivity index is 2.94. The highest BCUT2D eigenvalue weighted by molar-refractivity contribution is 14.1. The molecule has 0 aliphatic rings. The minimum absolute atomic E-state index is 0.0580. The van der Waals surface area contributed by atoms with Crippen LogP contribution in [-0.2, 0) is 0 Å². The first kappa shape index (κ1) is 12.0. The number of rotatable bonds is 2. The number of carboxylic acid groups (broad SMARTS) is 1. The summed E-state index contributed by atoms with van der Waals surface area (Å²) in [4.78, 5) is 24.6. The summed E-state index contributed by atoms with van der Waals surface area (Å²) >= 11 is 7.84. The van der Waals surface area contributed by atoms with E-state index in [4.69, 9.17) is 16.7 Å². The Kier molecular flexibility index (Phi) is 2.91. The van der Waals surface area contributed by atoms with E-state index in [9.17, 15) is 14.9 Å². The predicted molar refractivity (Wildman–Crippen MR) is 66.5 cm³/mol. The van der Waals surface area contributed by atoms with Crippen molar-refractivity contribution in [2.75, 3.05) is 0 Å². The van der Waals surface area contributed by atoms with Gasteiger partial charge in [0.25, 0.3) is 0 Å². The van der Waals surface area contributed by atoms with Crippen LogP contribution in [0.4, 0.5) is 5.82 Å². The number of hydrogen-bond acceptors (Lipinski definition) is 4. The number of carboxylic acids is 1. The van der Waals surface area contributed by atoms with Crippen LogP contribution in [0.15, 0.2) is 12.3 Å². The summed E-state index contributed by atoms with van der Waals surface area (Å²) in [7, 11) is 0. The average Bonchev–Trinajstić information content (AvgIpc) is 2.63. The van der Waals surface area contributed by atoms with E-state index in [1.807, 2.05) is 22.6 Å². The number of aromatic carboxylic acids is 1. The minimum atomic E-state index is -1.47. The van der Waals surface area contributed by atoms with E-state index >= 15 is 0 Å². The SMILES string of the molecule is O=C(O)c1nc2c(Cl)c(I)ccn2c1[N+](=O)[O-]. The summed E-state index contributed by atoms with van der Waals surface area (Å²) in [6.07, 6.45) is 1.36. The lowest BCUT2D eigenvalue weighted by molar-refractivity contribution is -0.390. The summed E-state index contributed by atoms with van der Waals surface area (Å²) in [6.45, 7) is 0. The number of pyridine rings is 1. The zero-order valence-electron chi connectivity index (χ0n) is 7.92. The van der Waals surface area contributed by atoms with Crippen LogP contribution < -0.4 is 0 Å². The molecule has 0 saturated heterocycles. The second kappa shape index (κ2) is 4.11. The van der Waals surface area contributed by atoms with E-state index in [0.29, 0.717) is 3.57 Å². The third-order valence-corrected chi connectivity index (χ3v) is 3.63. The summed E-state index contributed by atoms with van der Waals surface area (Å²) in [5, 5.41) is 19.9. The van der Waals surface area contributed by atoms with Crippen LogP contribution in [0.3, 0.4) is 0 Å². The number of aromatic nitrogens is 2. The van der Waals surface area contributed by atoms with Crippen LogP contribution >= 0.6 is 34.2 Å². The molecule has 0 saturated carbocycles. The van der Waals surface area contributed by atoms with Gasteiger partial charge in [-0.25, -0.2) is 4.79 Å². The number of hydrogen-bond donors (Lipinski definition) is 1. The largest absolute Gasteiger partial charge is 0.476 e. The lowest BCUT2D eigenvalue weighted by Gasteiger charge is -1.96. The van der Waals surface area contributed by atoms with Crippen molar-refractivity contribution in [2.45, 2.75) is 0 Å². The first-order chi connectivity index (χ1) is 7.93. The Hall–Kier alpha value is -1.42. The molecule has 0 aliphatic carbocycles. The summed E-state index contributed by atoms with van der Waals surface area (Å²) in [5.74, 6) is -2.07. The second-order valence-corrected chi connectivity index (χ2v) is 4.56. The Bertz CT molecular complexity index is 654. The first-order valence-corrected chi connectivity index (χ1v) is 5.63. The van der Waals surface area contributed by atoms with Gasteiger partial charge in [-0.15, -0.1) is 0 Å². The van der Waals surface area contributed by atoms with Crippen LogP contribution in [0.2, 0.25) is 5.02 Å². The minimum Gasteiger partial charge on any atom is -0.476 e. The van der Waals surface area contributed by atoms with Crippen LogP contribution in [0, 0.1) is 13.7 Å². The molecule has 88 valence electrons. The molecule has 0 unspecified atom stereocenters. The third-order valence-electron chi connectivity index (χ3n) is 2.04. The van der Waals surface area contributed by atoms with Gasteiger partial charge < -0.3 is 15.2 Å². The van der Waals surface area contributed by atoms with Gasteiger partial charge >= 0.3 is 11.8 Å². The maximum absolute atomic E-state index is 10.9. The van der Waals surface area contributed by atoms with Gasteiger partial charge in [0.1, 0.15) is 5.02 Å². The highest BCUT2D eigenvalue weighted by Crippen LogP contribution is 2.28. The van der Waals surface area contributed by atoms with Crippen molar-refractivity contribution in [1.29, 1.82) is 0 Å². The fraction of sp³-hybridized carbons (Fsp3) is 0. The van der Waals surface area contributed by atoms with E-state index in [0.717, 1.165) is 4.40 Å². The Morgan fingerprint density at radius 1 is 1.65 bits per heavy atom. The molecule has 0 amide bonds. The molecule has 0 atom stereocenters. The van der Waals surface area contributed by atoms with Crippen molar-refractivity contribution < 1.29 is 14.8 Å². The van der Waals surface area contributed by atoms with Crippen LogP contribution in [0.1, 0.15) is 10.5 Å². The Morgan fingerprint density at radius 2 is 2.29 bits per heavy atom. The molecule has 0 aliphatic heterocycles. The molecule has 0 aromatic carbocycles. The lowest BCUT2D eigenvalue weighted by atomic mass is 10.4. The number of imidazole rings is 1. The maximum Gasteiger partial charge on any atom is 0.363 e. The first-order valence-electron chi connectivity index (χ1n) is 4.17. The molecular formula is C8H3ClIN3O4.